The van der Waals surface area contributed by atoms with Crippen molar-refractivity contribution in [3.63, 3.8) is 0 Å². The maximum atomic E-state index is 13.7. The van der Waals surface area contributed by atoms with Gasteiger partial charge < -0.3 is 19.5 Å². The summed E-state index contributed by atoms with van der Waals surface area (Å²) in [6.07, 6.45) is 2.62. The Labute approximate surface area is 208 Å². The summed E-state index contributed by atoms with van der Waals surface area (Å²) >= 11 is 0. The van der Waals surface area contributed by atoms with Crippen LogP contribution in [0.5, 0.6) is 11.5 Å². The summed E-state index contributed by atoms with van der Waals surface area (Å²) in [7, 11) is 1.39. The lowest BCUT2D eigenvalue weighted by Gasteiger charge is -2.31. The number of carbonyl (C=O) groups excluding carboxylic acids is 1. The molecule has 0 radical (unpaired) electrons. The summed E-state index contributed by atoms with van der Waals surface area (Å²) in [5, 5.41) is 9.24. The van der Waals surface area contributed by atoms with Crippen molar-refractivity contribution >= 4 is 11.9 Å². The summed E-state index contributed by atoms with van der Waals surface area (Å²) in [6, 6.07) is 16.5. The number of rotatable bonds is 10. The number of hydrogen-bond acceptors (Lipinski definition) is 4. The minimum absolute atomic E-state index is 0.0785. The molecule has 1 N–H and O–H groups in total. The number of carboxylic acid groups (broad SMARTS) is 1. The first kappa shape index (κ1) is 25.2. The molecule has 1 aliphatic rings. The van der Waals surface area contributed by atoms with Gasteiger partial charge in [-0.3, -0.25) is 9.59 Å². The molecule has 0 unspecified atom stereocenters. The van der Waals surface area contributed by atoms with Gasteiger partial charge in [-0.05, 0) is 47.7 Å². The second-order valence-corrected chi connectivity index (χ2v) is 8.82. The van der Waals surface area contributed by atoms with E-state index >= 15 is 0 Å². The Morgan fingerprint density at radius 1 is 1.00 bits per heavy atom. The lowest BCUT2D eigenvalue weighted by Crippen LogP contribution is -2.41. The Kier molecular flexibility index (Phi) is 7.83. The van der Waals surface area contributed by atoms with Crippen LogP contribution in [0, 0.1) is 17.6 Å². The van der Waals surface area contributed by atoms with Crippen LogP contribution in [0.2, 0.25) is 0 Å². The molecular weight excluding hydrogens is 468 g/mol. The average Bonchev–Trinajstić information content (AvgIpc) is 2.83. The van der Waals surface area contributed by atoms with E-state index in [1.54, 1.807) is 24.3 Å². The van der Waals surface area contributed by atoms with E-state index in [1.165, 1.54) is 12.0 Å². The second kappa shape index (κ2) is 11.2. The molecule has 4 rings (SSSR count). The number of carboxylic acids is 1. The van der Waals surface area contributed by atoms with Crippen molar-refractivity contribution < 1.29 is 33.0 Å². The molecule has 1 amide bonds. The van der Waals surface area contributed by atoms with E-state index in [9.17, 15) is 23.5 Å². The molecule has 3 aromatic carbocycles. The molecule has 0 atom stereocenters. The molecule has 1 saturated carbocycles. The third-order valence-electron chi connectivity index (χ3n) is 6.27. The zero-order chi connectivity index (χ0) is 25.7. The predicted octanol–water partition coefficient (Wildman–Crippen LogP) is 5.43. The van der Waals surface area contributed by atoms with Gasteiger partial charge in [0.1, 0.15) is 24.7 Å². The Hall–Kier alpha value is -3.94. The van der Waals surface area contributed by atoms with Gasteiger partial charge in [0.2, 0.25) is 5.91 Å². The first-order chi connectivity index (χ1) is 17.3. The van der Waals surface area contributed by atoms with Gasteiger partial charge in [-0.1, -0.05) is 42.8 Å². The third kappa shape index (κ3) is 6.00. The van der Waals surface area contributed by atoms with Crippen molar-refractivity contribution in [1.29, 1.82) is 0 Å². The van der Waals surface area contributed by atoms with Gasteiger partial charge in [0, 0.05) is 24.1 Å². The smallest absolute Gasteiger partial charge is 0.323 e. The summed E-state index contributed by atoms with van der Waals surface area (Å²) in [5.74, 6) is -2.34. The van der Waals surface area contributed by atoms with Crippen molar-refractivity contribution in [3.05, 3.63) is 83.4 Å². The molecular formula is C28H27F2NO5. The Morgan fingerprint density at radius 3 is 2.33 bits per heavy atom. The molecule has 0 spiro atoms. The molecule has 0 aromatic heterocycles. The summed E-state index contributed by atoms with van der Waals surface area (Å²) < 4.78 is 38.3. The van der Waals surface area contributed by atoms with Crippen molar-refractivity contribution in [2.75, 3.05) is 13.7 Å². The van der Waals surface area contributed by atoms with Crippen LogP contribution in [0.15, 0.2) is 60.7 Å². The highest BCUT2D eigenvalue weighted by Crippen LogP contribution is 2.33. The lowest BCUT2D eigenvalue weighted by atomic mass is 9.84. The highest BCUT2D eigenvalue weighted by Gasteiger charge is 2.30. The van der Waals surface area contributed by atoms with Gasteiger partial charge in [-0.2, -0.15) is 0 Å². The highest BCUT2D eigenvalue weighted by molar-refractivity contribution is 5.83. The molecule has 6 nitrogen and oxygen atoms in total. The molecule has 1 fully saturated rings. The fourth-order valence-corrected chi connectivity index (χ4v) is 4.15. The Bertz CT molecular complexity index is 1240. The van der Waals surface area contributed by atoms with Gasteiger partial charge >= 0.3 is 5.97 Å². The van der Waals surface area contributed by atoms with E-state index in [1.807, 2.05) is 24.3 Å². The van der Waals surface area contributed by atoms with Crippen molar-refractivity contribution in [2.45, 2.75) is 32.4 Å². The minimum Gasteiger partial charge on any atom is -0.496 e. The number of halogens is 2. The normalized spacial score (nSPS) is 13.1. The zero-order valence-electron chi connectivity index (χ0n) is 19.9. The largest absolute Gasteiger partial charge is 0.496 e. The van der Waals surface area contributed by atoms with Crippen LogP contribution in [0.1, 0.15) is 30.4 Å². The number of methoxy groups -OCH3 is 1. The van der Waals surface area contributed by atoms with Crippen molar-refractivity contribution in [2.24, 2.45) is 5.92 Å². The lowest BCUT2D eigenvalue weighted by molar-refractivity contribution is -0.148. The quantitative estimate of drug-likeness (QED) is 0.406. The molecule has 188 valence electrons. The zero-order valence-corrected chi connectivity index (χ0v) is 19.9. The molecule has 0 heterocycles. The molecule has 0 saturated heterocycles. The number of benzene rings is 3. The first-order valence-electron chi connectivity index (χ1n) is 11.7. The number of ether oxygens (including phenoxy) is 2. The topological polar surface area (TPSA) is 76.1 Å². The third-order valence-corrected chi connectivity index (χ3v) is 6.27. The van der Waals surface area contributed by atoms with E-state index in [0.717, 1.165) is 42.5 Å². The molecule has 1 aliphatic carbocycles. The predicted molar refractivity (Wildman–Crippen MR) is 130 cm³/mol. The number of carbonyl (C=O) groups is 2. The number of hydrogen-bond donors (Lipinski definition) is 1. The van der Waals surface area contributed by atoms with E-state index in [2.05, 4.69) is 0 Å². The number of aliphatic carboxylic acids is 1. The molecule has 0 bridgehead atoms. The number of amides is 1. The van der Waals surface area contributed by atoms with Crippen molar-refractivity contribution in [1.82, 2.24) is 4.90 Å². The maximum Gasteiger partial charge on any atom is 0.323 e. The van der Waals surface area contributed by atoms with Gasteiger partial charge in [0.05, 0.1) is 7.11 Å². The van der Waals surface area contributed by atoms with Crippen LogP contribution in [-0.2, 0) is 22.7 Å². The van der Waals surface area contributed by atoms with Crippen molar-refractivity contribution in [3.8, 4) is 22.6 Å². The van der Waals surface area contributed by atoms with Crippen LogP contribution in [0.25, 0.3) is 11.1 Å². The number of nitrogens with zero attached hydrogens (tertiary/aromatic N) is 1. The van der Waals surface area contributed by atoms with Gasteiger partial charge in [0.15, 0.2) is 11.6 Å². The van der Waals surface area contributed by atoms with Crippen LogP contribution in [-0.4, -0.2) is 35.5 Å². The fraction of sp³-hybridized carbons (Fsp3) is 0.286. The van der Waals surface area contributed by atoms with Gasteiger partial charge in [0.25, 0.3) is 0 Å². The molecule has 8 heteroatoms. The SMILES string of the molecule is COc1cc(F)c(F)cc1-c1ccc(OCc2cccc(CN(CC(=O)O)C(=O)C3CCC3)c2)cc1. The monoisotopic (exact) mass is 495 g/mol. The van der Waals surface area contributed by atoms with Crippen LogP contribution < -0.4 is 9.47 Å². The van der Waals surface area contributed by atoms with E-state index in [0.29, 0.717) is 16.9 Å². The van der Waals surface area contributed by atoms with Crippen LogP contribution in [0.4, 0.5) is 8.78 Å². The Balaban J connectivity index is 1.41. The maximum absolute atomic E-state index is 13.7. The van der Waals surface area contributed by atoms with E-state index in [4.69, 9.17) is 9.47 Å². The standard InChI is InChI=1S/C28H27F2NO5/c1-35-26-14-25(30)24(29)13-23(26)20-8-10-22(11-9-20)36-17-19-5-2-4-18(12-19)15-31(16-27(32)33)28(34)21-6-3-7-21/h2,4-5,8-14,21H,3,6-7,15-17H2,1H3,(H,32,33). The fourth-order valence-electron chi connectivity index (χ4n) is 4.15. The van der Waals surface area contributed by atoms with Crippen LogP contribution in [0.3, 0.4) is 0 Å². The second-order valence-electron chi connectivity index (χ2n) is 8.82. The molecule has 3 aromatic rings. The summed E-state index contributed by atoms with van der Waals surface area (Å²) in [5.41, 5.74) is 2.77. The summed E-state index contributed by atoms with van der Waals surface area (Å²) in [4.78, 5) is 25.3. The van der Waals surface area contributed by atoms with E-state index in [-0.39, 0.29) is 37.3 Å². The van der Waals surface area contributed by atoms with E-state index < -0.39 is 17.6 Å². The van der Waals surface area contributed by atoms with Gasteiger partial charge in [-0.25, -0.2) is 8.78 Å². The molecule has 0 aliphatic heterocycles. The Morgan fingerprint density at radius 2 is 1.69 bits per heavy atom. The highest BCUT2D eigenvalue weighted by atomic mass is 19.2. The molecule has 36 heavy (non-hydrogen) atoms. The first-order valence-corrected chi connectivity index (χ1v) is 11.7. The average molecular weight is 496 g/mol. The minimum atomic E-state index is -1.04. The van der Waals surface area contributed by atoms with Crippen LogP contribution >= 0.6 is 0 Å². The van der Waals surface area contributed by atoms with Gasteiger partial charge in [-0.15, -0.1) is 0 Å². The summed E-state index contributed by atoms with van der Waals surface area (Å²) in [6.45, 7) is 0.155.